The highest BCUT2D eigenvalue weighted by atomic mass is 16.6. The smallest absolute Gasteiger partial charge is 0.269 e. The number of hydrogen-bond donors (Lipinski definition) is 0. The highest BCUT2D eigenvalue weighted by molar-refractivity contribution is 6.09. The van der Waals surface area contributed by atoms with E-state index in [1.165, 1.54) is 23.3 Å². The number of benzene rings is 3. The number of nitrogens with zero attached hydrogens (tertiary/aromatic N) is 4. The highest BCUT2D eigenvalue weighted by Crippen LogP contribution is 2.35. The van der Waals surface area contributed by atoms with Gasteiger partial charge in [0.2, 0.25) is 0 Å². The van der Waals surface area contributed by atoms with E-state index < -0.39 is 4.92 Å². The summed E-state index contributed by atoms with van der Waals surface area (Å²) in [5.74, 6) is 0.768. The van der Waals surface area contributed by atoms with Crippen LogP contribution in [0.2, 0.25) is 0 Å². The van der Waals surface area contributed by atoms with Crippen LogP contribution in [-0.4, -0.2) is 26.3 Å². The Morgan fingerprint density at radius 3 is 2.45 bits per heavy atom. The molecule has 0 aliphatic heterocycles. The fraction of sp³-hybridized carbons (Fsp3) is 0.154. The molecule has 0 aliphatic carbocycles. The second-order valence-corrected chi connectivity index (χ2v) is 7.97. The molecular weight excluding hydrogens is 416 g/mol. The zero-order valence-electron chi connectivity index (χ0n) is 18.6. The van der Waals surface area contributed by atoms with Gasteiger partial charge >= 0.3 is 0 Å². The quantitative estimate of drug-likeness (QED) is 0.242. The molecule has 0 saturated carbocycles. The third kappa shape index (κ3) is 3.57. The SMILES string of the molecule is CCOc1ccc2ncc3c(-c4ccc([N+](=O)[O-])cc4)nn(-c4ccc(C)c(C)c4)c3c2c1. The molecule has 33 heavy (non-hydrogen) atoms. The Bertz CT molecular complexity index is 1520. The van der Waals surface area contributed by atoms with Crippen LogP contribution in [0.1, 0.15) is 18.1 Å². The molecule has 5 aromatic rings. The molecule has 0 bridgehead atoms. The highest BCUT2D eigenvalue weighted by Gasteiger charge is 2.18. The summed E-state index contributed by atoms with van der Waals surface area (Å²) in [7, 11) is 0. The van der Waals surface area contributed by atoms with Crippen molar-refractivity contribution in [2.45, 2.75) is 20.8 Å². The number of hydrogen-bond acceptors (Lipinski definition) is 5. The van der Waals surface area contributed by atoms with E-state index in [1.807, 2.05) is 42.1 Å². The van der Waals surface area contributed by atoms with Gasteiger partial charge in [-0.3, -0.25) is 15.1 Å². The molecule has 0 radical (unpaired) electrons. The second kappa shape index (κ2) is 8.02. The van der Waals surface area contributed by atoms with Gasteiger partial charge in [-0.25, -0.2) is 4.68 Å². The molecule has 0 N–H and O–H groups in total. The fourth-order valence-corrected chi connectivity index (χ4v) is 4.02. The summed E-state index contributed by atoms with van der Waals surface area (Å²) in [4.78, 5) is 15.4. The van der Waals surface area contributed by atoms with Gasteiger partial charge in [0.25, 0.3) is 5.69 Å². The molecule has 0 amide bonds. The molecule has 0 unspecified atom stereocenters. The van der Waals surface area contributed by atoms with Gasteiger partial charge in [-0.1, -0.05) is 6.07 Å². The van der Waals surface area contributed by atoms with Crippen molar-refractivity contribution in [3.8, 4) is 22.7 Å². The zero-order valence-corrected chi connectivity index (χ0v) is 18.6. The monoisotopic (exact) mass is 438 g/mol. The summed E-state index contributed by atoms with van der Waals surface area (Å²) in [6.45, 7) is 6.68. The van der Waals surface area contributed by atoms with Crippen molar-refractivity contribution in [3.05, 3.63) is 88.1 Å². The average molecular weight is 438 g/mol. The lowest BCUT2D eigenvalue weighted by Crippen LogP contribution is -1.99. The molecule has 0 fully saturated rings. The van der Waals surface area contributed by atoms with Gasteiger partial charge in [-0.15, -0.1) is 0 Å². The first kappa shape index (κ1) is 20.6. The fourth-order valence-electron chi connectivity index (χ4n) is 4.02. The topological polar surface area (TPSA) is 83.1 Å². The first-order valence-electron chi connectivity index (χ1n) is 10.7. The van der Waals surface area contributed by atoms with Crippen molar-refractivity contribution < 1.29 is 9.66 Å². The van der Waals surface area contributed by atoms with Crippen LogP contribution in [0, 0.1) is 24.0 Å². The number of non-ortho nitro benzene ring substituents is 1. The lowest BCUT2D eigenvalue weighted by molar-refractivity contribution is -0.384. The molecule has 7 heteroatoms. The third-order valence-corrected chi connectivity index (χ3v) is 5.88. The first-order chi connectivity index (χ1) is 16.0. The van der Waals surface area contributed by atoms with Crippen LogP contribution in [0.4, 0.5) is 5.69 Å². The Morgan fingerprint density at radius 2 is 1.76 bits per heavy atom. The third-order valence-electron chi connectivity index (χ3n) is 5.88. The molecule has 2 heterocycles. The number of aromatic nitrogens is 3. The van der Waals surface area contributed by atoms with Crippen molar-refractivity contribution >= 4 is 27.5 Å². The van der Waals surface area contributed by atoms with Crippen molar-refractivity contribution in [3.63, 3.8) is 0 Å². The predicted octanol–water partition coefficient (Wildman–Crippen LogP) is 6.16. The summed E-state index contributed by atoms with van der Waals surface area (Å²) in [6.07, 6.45) is 1.82. The van der Waals surface area contributed by atoms with E-state index in [2.05, 4.69) is 31.0 Å². The van der Waals surface area contributed by atoms with E-state index >= 15 is 0 Å². The average Bonchev–Trinajstić information content (AvgIpc) is 3.21. The van der Waals surface area contributed by atoms with Gasteiger partial charge < -0.3 is 4.74 Å². The van der Waals surface area contributed by atoms with Crippen LogP contribution in [0.3, 0.4) is 0 Å². The molecule has 0 atom stereocenters. The van der Waals surface area contributed by atoms with Crippen molar-refractivity contribution in [2.24, 2.45) is 0 Å². The Hall–Kier alpha value is -4.26. The van der Waals surface area contributed by atoms with Crippen LogP contribution in [0.25, 0.3) is 38.8 Å². The molecule has 0 saturated heterocycles. The first-order valence-corrected chi connectivity index (χ1v) is 10.7. The molecule has 164 valence electrons. The van der Waals surface area contributed by atoms with Gasteiger partial charge in [-0.2, -0.15) is 5.10 Å². The summed E-state index contributed by atoms with van der Waals surface area (Å²) >= 11 is 0. The number of fused-ring (bicyclic) bond motifs is 3. The molecule has 3 aromatic carbocycles. The maximum atomic E-state index is 11.1. The summed E-state index contributed by atoms with van der Waals surface area (Å²) in [6, 6.07) is 18.5. The minimum absolute atomic E-state index is 0.0431. The number of nitro benzene ring substituents is 1. The number of nitro groups is 1. The number of pyridine rings is 1. The lowest BCUT2D eigenvalue weighted by atomic mass is 10.1. The van der Waals surface area contributed by atoms with Crippen molar-refractivity contribution in [1.82, 2.24) is 14.8 Å². The maximum absolute atomic E-state index is 11.1. The van der Waals surface area contributed by atoms with Crippen LogP contribution < -0.4 is 4.74 Å². The van der Waals surface area contributed by atoms with E-state index in [0.717, 1.165) is 38.8 Å². The van der Waals surface area contributed by atoms with Gasteiger partial charge in [-0.05, 0) is 74.4 Å². The Balaban J connectivity index is 1.83. The zero-order chi connectivity index (χ0) is 23.1. The minimum Gasteiger partial charge on any atom is -0.494 e. The van der Waals surface area contributed by atoms with E-state index in [1.54, 1.807) is 12.1 Å². The molecule has 0 aliphatic rings. The molecular formula is C26H22N4O3. The van der Waals surface area contributed by atoms with Gasteiger partial charge in [0.1, 0.15) is 11.4 Å². The predicted molar refractivity (Wildman–Crippen MR) is 129 cm³/mol. The van der Waals surface area contributed by atoms with E-state index in [0.29, 0.717) is 12.3 Å². The van der Waals surface area contributed by atoms with Crippen LogP contribution >= 0.6 is 0 Å². The minimum atomic E-state index is -0.403. The Morgan fingerprint density at radius 1 is 0.970 bits per heavy atom. The Kier molecular flexibility index (Phi) is 5.01. The second-order valence-electron chi connectivity index (χ2n) is 7.97. The summed E-state index contributed by atoms with van der Waals surface area (Å²) in [5.41, 5.74) is 6.61. The number of aryl methyl sites for hydroxylation is 2. The van der Waals surface area contributed by atoms with E-state index in [4.69, 9.17) is 9.84 Å². The largest absolute Gasteiger partial charge is 0.494 e. The van der Waals surface area contributed by atoms with Crippen molar-refractivity contribution in [1.29, 1.82) is 0 Å². The van der Waals surface area contributed by atoms with Gasteiger partial charge in [0.05, 0.1) is 28.3 Å². The van der Waals surface area contributed by atoms with Gasteiger partial charge in [0, 0.05) is 34.7 Å². The van der Waals surface area contributed by atoms with E-state index in [-0.39, 0.29) is 5.69 Å². The molecule has 7 nitrogen and oxygen atoms in total. The maximum Gasteiger partial charge on any atom is 0.269 e. The molecule has 2 aromatic heterocycles. The van der Waals surface area contributed by atoms with Gasteiger partial charge in [0.15, 0.2) is 0 Å². The number of rotatable bonds is 5. The van der Waals surface area contributed by atoms with Crippen molar-refractivity contribution in [2.75, 3.05) is 6.61 Å². The Labute approximate surface area is 190 Å². The number of ether oxygens (including phenoxy) is 1. The molecule has 0 spiro atoms. The van der Waals surface area contributed by atoms with E-state index in [9.17, 15) is 10.1 Å². The van der Waals surface area contributed by atoms with Crippen LogP contribution in [0.5, 0.6) is 5.75 Å². The van der Waals surface area contributed by atoms with Crippen LogP contribution in [0.15, 0.2) is 66.9 Å². The standard InChI is InChI=1S/C26H22N4O3/c1-4-33-21-11-12-24-22(14-21)26-23(15-27-24)25(18-6-9-19(10-7-18)30(31)32)28-29(26)20-8-5-16(2)17(3)13-20/h5-15H,4H2,1-3H3. The normalized spacial score (nSPS) is 11.2. The summed E-state index contributed by atoms with van der Waals surface area (Å²) in [5, 5.41) is 17.9. The van der Waals surface area contributed by atoms with Crippen LogP contribution in [-0.2, 0) is 0 Å². The lowest BCUT2D eigenvalue weighted by Gasteiger charge is -2.09. The summed E-state index contributed by atoms with van der Waals surface area (Å²) < 4.78 is 7.68. The molecule has 5 rings (SSSR count).